The number of ketones is 1. The average molecular weight is 414 g/mol. The second kappa shape index (κ2) is 8.83. The summed E-state index contributed by atoms with van der Waals surface area (Å²) in [6.07, 6.45) is 3.31. The Morgan fingerprint density at radius 2 is 1.77 bits per heavy atom. The Morgan fingerprint density at radius 1 is 1.03 bits per heavy atom. The monoisotopic (exact) mass is 414 g/mol. The Hall–Kier alpha value is -3.93. The zero-order chi connectivity index (χ0) is 21.8. The number of hydrogen-bond acceptors (Lipinski definition) is 5. The first kappa shape index (κ1) is 20.3. The predicted octanol–water partition coefficient (Wildman–Crippen LogP) is 4.10. The molecule has 1 atom stereocenters. The van der Waals surface area contributed by atoms with Crippen LogP contribution < -0.4 is 4.74 Å². The van der Waals surface area contributed by atoms with Gasteiger partial charge in [-0.25, -0.2) is 0 Å². The lowest BCUT2D eigenvalue weighted by atomic mass is 9.95. The molecular formula is C25H22N2O4. The Balaban J connectivity index is 1.80. The van der Waals surface area contributed by atoms with Crippen LogP contribution >= 0.6 is 0 Å². The predicted molar refractivity (Wildman–Crippen MR) is 116 cm³/mol. The standard InChI is InChI=1S/C25H22N2O4/c1-2-31-20-12-10-19(11-13-20)23(28)21-22(18-8-4-3-5-9-18)27(25(30)24(21)29)16-17-7-6-14-26-15-17/h3-15,22,28H,2,16H2,1H3/b23-21+/t22-/m1/s1. The van der Waals surface area contributed by atoms with Gasteiger partial charge in [-0.2, -0.15) is 0 Å². The number of Topliss-reactive ketones (excluding diaryl/α,β-unsaturated/α-hetero) is 1. The van der Waals surface area contributed by atoms with Crippen LogP contribution in [0.15, 0.2) is 84.7 Å². The lowest BCUT2D eigenvalue weighted by Gasteiger charge is -2.25. The molecule has 0 bridgehead atoms. The Kier molecular flexibility index (Phi) is 5.80. The van der Waals surface area contributed by atoms with E-state index >= 15 is 0 Å². The molecule has 4 rings (SSSR count). The van der Waals surface area contributed by atoms with Gasteiger partial charge in [-0.1, -0.05) is 36.4 Å². The molecular weight excluding hydrogens is 392 g/mol. The topological polar surface area (TPSA) is 79.7 Å². The highest BCUT2D eigenvalue weighted by Crippen LogP contribution is 2.40. The number of aliphatic hydroxyl groups excluding tert-OH is 1. The number of aliphatic hydroxyl groups is 1. The van der Waals surface area contributed by atoms with Crippen molar-refractivity contribution in [3.63, 3.8) is 0 Å². The number of nitrogens with zero attached hydrogens (tertiary/aromatic N) is 2. The van der Waals surface area contributed by atoms with Gasteiger partial charge >= 0.3 is 0 Å². The van der Waals surface area contributed by atoms with Crippen molar-refractivity contribution < 1.29 is 19.4 Å². The molecule has 156 valence electrons. The number of ether oxygens (including phenoxy) is 1. The number of aromatic nitrogens is 1. The van der Waals surface area contributed by atoms with E-state index in [0.717, 1.165) is 11.1 Å². The van der Waals surface area contributed by atoms with Crippen LogP contribution in [0.2, 0.25) is 0 Å². The third-order valence-corrected chi connectivity index (χ3v) is 5.17. The van der Waals surface area contributed by atoms with E-state index in [1.54, 1.807) is 42.7 Å². The molecule has 6 nitrogen and oxygen atoms in total. The fraction of sp³-hybridized carbons (Fsp3) is 0.160. The van der Waals surface area contributed by atoms with Gasteiger partial charge in [-0.3, -0.25) is 14.6 Å². The van der Waals surface area contributed by atoms with E-state index in [2.05, 4.69) is 4.98 Å². The number of rotatable bonds is 6. The number of carbonyl (C=O) groups excluding carboxylic acids is 2. The molecule has 1 aliphatic heterocycles. The number of carbonyl (C=O) groups is 2. The summed E-state index contributed by atoms with van der Waals surface area (Å²) in [6, 6.07) is 19.0. The van der Waals surface area contributed by atoms with Gasteiger partial charge < -0.3 is 14.7 Å². The minimum absolute atomic E-state index is 0.0734. The highest BCUT2D eigenvalue weighted by Gasteiger charge is 2.46. The first-order chi connectivity index (χ1) is 15.1. The average Bonchev–Trinajstić information content (AvgIpc) is 3.05. The number of likely N-dealkylation sites (tertiary alicyclic amines) is 1. The van der Waals surface area contributed by atoms with Gasteiger partial charge in [0.05, 0.1) is 18.2 Å². The Bertz CT molecular complexity index is 1110. The minimum Gasteiger partial charge on any atom is -0.507 e. The van der Waals surface area contributed by atoms with Crippen LogP contribution in [0, 0.1) is 0 Å². The summed E-state index contributed by atoms with van der Waals surface area (Å²) in [6.45, 7) is 2.62. The van der Waals surface area contributed by atoms with E-state index in [1.807, 2.05) is 43.3 Å². The molecule has 1 saturated heterocycles. The molecule has 1 N–H and O–H groups in total. The summed E-state index contributed by atoms with van der Waals surface area (Å²) in [4.78, 5) is 31.6. The van der Waals surface area contributed by atoms with Crippen LogP contribution in [0.3, 0.4) is 0 Å². The summed E-state index contributed by atoms with van der Waals surface area (Å²) in [5.41, 5.74) is 2.07. The first-order valence-corrected chi connectivity index (χ1v) is 10.1. The van der Waals surface area contributed by atoms with Crippen molar-refractivity contribution in [2.45, 2.75) is 19.5 Å². The van der Waals surface area contributed by atoms with Gasteiger partial charge in [0.1, 0.15) is 11.5 Å². The quantitative estimate of drug-likeness (QED) is 0.373. The van der Waals surface area contributed by atoms with Crippen molar-refractivity contribution >= 4 is 17.4 Å². The zero-order valence-corrected chi connectivity index (χ0v) is 17.1. The molecule has 2 heterocycles. The van der Waals surface area contributed by atoms with Gasteiger partial charge in [0, 0.05) is 24.5 Å². The second-order valence-electron chi connectivity index (χ2n) is 7.16. The first-order valence-electron chi connectivity index (χ1n) is 10.1. The summed E-state index contributed by atoms with van der Waals surface area (Å²) in [5, 5.41) is 11.1. The molecule has 1 amide bonds. The van der Waals surface area contributed by atoms with Gasteiger partial charge in [-0.05, 0) is 48.4 Å². The smallest absolute Gasteiger partial charge is 0.295 e. The molecule has 1 aliphatic rings. The van der Waals surface area contributed by atoms with Gasteiger partial charge in [0.2, 0.25) is 0 Å². The van der Waals surface area contributed by atoms with Crippen molar-refractivity contribution in [3.8, 4) is 5.75 Å². The SMILES string of the molecule is CCOc1ccc(/C(O)=C2\C(=O)C(=O)N(Cc3cccnc3)[C@@H]2c2ccccc2)cc1. The van der Waals surface area contributed by atoms with E-state index in [9.17, 15) is 14.7 Å². The highest BCUT2D eigenvalue weighted by atomic mass is 16.5. The van der Waals surface area contributed by atoms with Gasteiger partial charge in [0.25, 0.3) is 11.7 Å². The molecule has 0 saturated carbocycles. The maximum absolute atomic E-state index is 13.0. The largest absolute Gasteiger partial charge is 0.507 e. The van der Waals surface area contributed by atoms with E-state index < -0.39 is 17.7 Å². The lowest BCUT2D eigenvalue weighted by Crippen LogP contribution is -2.29. The maximum Gasteiger partial charge on any atom is 0.295 e. The van der Waals surface area contributed by atoms with Gasteiger partial charge in [-0.15, -0.1) is 0 Å². The van der Waals surface area contributed by atoms with Crippen LogP contribution in [-0.4, -0.2) is 33.3 Å². The molecule has 0 spiro atoms. The van der Waals surface area contributed by atoms with Crippen LogP contribution in [0.4, 0.5) is 0 Å². The molecule has 1 aromatic heterocycles. The molecule has 0 unspecified atom stereocenters. The van der Waals surface area contributed by atoms with Crippen LogP contribution in [0.25, 0.3) is 5.76 Å². The zero-order valence-electron chi connectivity index (χ0n) is 17.1. The number of hydrogen-bond donors (Lipinski definition) is 1. The Labute approximate surface area is 180 Å². The summed E-state index contributed by atoms with van der Waals surface area (Å²) in [7, 11) is 0. The third kappa shape index (κ3) is 4.05. The molecule has 0 radical (unpaired) electrons. The number of benzene rings is 2. The van der Waals surface area contributed by atoms with E-state index in [1.165, 1.54) is 4.90 Å². The molecule has 0 aliphatic carbocycles. The van der Waals surface area contributed by atoms with Crippen molar-refractivity contribution in [3.05, 3.63) is 101 Å². The summed E-state index contributed by atoms with van der Waals surface area (Å²) >= 11 is 0. The Morgan fingerprint density at radius 3 is 2.42 bits per heavy atom. The van der Waals surface area contributed by atoms with E-state index in [-0.39, 0.29) is 17.9 Å². The fourth-order valence-electron chi connectivity index (χ4n) is 3.74. The minimum atomic E-state index is -0.705. The highest BCUT2D eigenvalue weighted by molar-refractivity contribution is 6.46. The molecule has 1 fully saturated rings. The van der Waals surface area contributed by atoms with Crippen LogP contribution in [0.1, 0.15) is 29.7 Å². The van der Waals surface area contributed by atoms with Crippen molar-refractivity contribution in [1.29, 1.82) is 0 Å². The summed E-state index contributed by atoms with van der Waals surface area (Å²) < 4.78 is 5.45. The maximum atomic E-state index is 13.0. The molecule has 3 aromatic rings. The van der Waals surface area contributed by atoms with Crippen LogP contribution in [0.5, 0.6) is 5.75 Å². The summed E-state index contributed by atoms with van der Waals surface area (Å²) in [5.74, 6) is -0.894. The molecule has 31 heavy (non-hydrogen) atoms. The van der Waals surface area contributed by atoms with Crippen molar-refractivity contribution in [1.82, 2.24) is 9.88 Å². The lowest BCUT2D eigenvalue weighted by molar-refractivity contribution is -0.140. The normalized spacial score (nSPS) is 17.7. The molecule has 2 aromatic carbocycles. The van der Waals surface area contributed by atoms with E-state index in [0.29, 0.717) is 17.9 Å². The number of amides is 1. The van der Waals surface area contributed by atoms with Crippen molar-refractivity contribution in [2.24, 2.45) is 0 Å². The molecule has 6 heteroatoms. The van der Waals surface area contributed by atoms with Crippen LogP contribution in [-0.2, 0) is 16.1 Å². The fourth-order valence-corrected chi connectivity index (χ4v) is 3.74. The second-order valence-corrected chi connectivity index (χ2v) is 7.16. The third-order valence-electron chi connectivity index (χ3n) is 5.17. The van der Waals surface area contributed by atoms with E-state index in [4.69, 9.17) is 4.74 Å². The number of pyridine rings is 1. The van der Waals surface area contributed by atoms with Crippen molar-refractivity contribution in [2.75, 3.05) is 6.61 Å². The van der Waals surface area contributed by atoms with Gasteiger partial charge in [0.15, 0.2) is 0 Å².